The first-order chi connectivity index (χ1) is 10.6. The molecule has 0 aliphatic carbocycles. The standard InChI is InChI=1S/C14H13ClIN5S/c1-16-21(2)12-6-9(3-4-11(12)18-19-21)5-10-7-20-8-13(15)22-14(20)17-10/h3-4,6-8H,5H2,1-2H3. The second kappa shape index (κ2) is 5.26. The zero-order valence-electron chi connectivity index (χ0n) is 12.0. The number of rotatable bonds is 3. The van der Waals surface area contributed by atoms with Gasteiger partial charge in [-0.3, -0.25) is 0 Å². The molecule has 0 bridgehead atoms. The molecule has 0 radical (unpaired) electrons. The molecule has 0 saturated heterocycles. The van der Waals surface area contributed by atoms with Crippen LogP contribution in [0.15, 0.2) is 40.9 Å². The van der Waals surface area contributed by atoms with Crippen molar-refractivity contribution < 1.29 is 21.5 Å². The fraction of sp³-hybridized carbons (Fsp3) is 0.214. The monoisotopic (exact) mass is 445 g/mol. The van der Waals surface area contributed by atoms with Gasteiger partial charge in [0.05, 0.1) is 0 Å². The summed E-state index contributed by atoms with van der Waals surface area (Å²) in [5.41, 5.74) is 4.49. The van der Waals surface area contributed by atoms with E-state index in [0.29, 0.717) is 2.81 Å². The van der Waals surface area contributed by atoms with Crippen molar-refractivity contribution in [2.75, 3.05) is 12.0 Å². The average molecular weight is 446 g/mol. The van der Waals surface area contributed by atoms with Gasteiger partial charge in [0.25, 0.3) is 0 Å². The van der Waals surface area contributed by atoms with Crippen molar-refractivity contribution in [2.45, 2.75) is 6.42 Å². The van der Waals surface area contributed by atoms with Gasteiger partial charge in [-0.1, -0.05) is 0 Å². The molecule has 3 aromatic rings. The summed E-state index contributed by atoms with van der Waals surface area (Å²) < 4.78 is 3.36. The van der Waals surface area contributed by atoms with E-state index in [-0.39, 0.29) is 21.5 Å². The first-order valence-electron chi connectivity index (χ1n) is 6.65. The van der Waals surface area contributed by atoms with E-state index in [2.05, 4.69) is 45.5 Å². The molecule has 0 spiro atoms. The van der Waals surface area contributed by atoms with Gasteiger partial charge in [-0.25, -0.2) is 0 Å². The summed E-state index contributed by atoms with van der Waals surface area (Å²) in [6, 6.07) is 6.40. The molecule has 22 heavy (non-hydrogen) atoms. The van der Waals surface area contributed by atoms with Gasteiger partial charge in [-0.05, 0) is 0 Å². The Morgan fingerprint density at radius 3 is 3.00 bits per heavy atom. The fourth-order valence-corrected chi connectivity index (χ4v) is 4.73. The minimum atomic E-state index is -0.110. The summed E-state index contributed by atoms with van der Waals surface area (Å²) in [6.45, 7) is 0. The molecule has 1 aromatic carbocycles. The summed E-state index contributed by atoms with van der Waals surface area (Å²) in [4.78, 5) is 7.80. The van der Waals surface area contributed by atoms with Gasteiger partial charge in [0.15, 0.2) is 0 Å². The van der Waals surface area contributed by atoms with Crippen molar-refractivity contribution >= 4 is 39.3 Å². The SMILES string of the molecule is C[I-][N+]1(C)N=Nc2ccc(Cc3cn4cc(Cl)sc4n3)cc21. The minimum absolute atomic E-state index is 0.110. The maximum atomic E-state index is 5.99. The Morgan fingerprint density at radius 2 is 2.23 bits per heavy atom. The molecule has 8 heteroatoms. The first kappa shape index (κ1) is 14.6. The molecule has 1 atom stereocenters. The van der Waals surface area contributed by atoms with E-state index >= 15 is 0 Å². The van der Waals surface area contributed by atoms with Crippen molar-refractivity contribution in [1.82, 2.24) is 12.2 Å². The molecule has 1 unspecified atom stereocenters. The molecule has 2 aromatic heterocycles. The topological polar surface area (TPSA) is 42.0 Å². The molecule has 3 heterocycles. The zero-order chi connectivity index (χ0) is 15.3. The molecular weight excluding hydrogens is 433 g/mol. The van der Waals surface area contributed by atoms with Crippen LogP contribution in [-0.2, 0) is 6.42 Å². The number of aromatic nitrogens is 2. The molecule has 0 fully saturated rings. The van der Waals surface area contributed by atoms with Crippen molar-refractivity contribution in [3.63, 3.8) is 0 Å². The number of thiazole rings is 1. The maximum absolute atomic E-state index is 5.99. The molecule has 114 valence electrons. The van der Waals surface area contributed by atoms with Gasteiger partial charge in [-0.15, -0.1) is 0 Å². The van der Waals surface area contributed by atoms with Gasteiger partial charge < -0.3 is 0 Å². The van der Waals surface area contributed by atoms with Crippen molar-refractivity contribution in [3.05, 3.63) is 46.2 Å². The third kappa shape index (κ3) is 2.36. The first-order valence-corrected chi connectivity index (χ1v) is 11.0. The number of halogens is 2. The van der Waals surface area contributed by atoms with Gasteiger partial charge >= 0.3 is 148 Å². The van der Waals surface area contributed by atoms with E-state index in [4.69, 9.17) is 11.6 Å². The summed E-state index contributed by atoms with van der Waals surface area (Å²) in [6.07, 6.45) is 4.75. The molecule has 1 aliphatic heterocycles. The predicted octanol–water partition coefficient (Wildman–Crippen LogP) is 1.22. The van der Waals surface area contributed by atoms with Crippen LogP contribution in [0, 0.1) is 0 Å². The summed E-state index contributed by atoms with van der Waals surface area (Å²) >= 11 is 7.37. The second-order valence-corrected chi connectivity index (χ2v) is 9.65. The van der Waals surface area contributed by atoms with Crippen LogP contribution in [0.2, 0.25) is 4.34 Å². The quantitative estimate of drug-likeness (QED) is 0.340. The van der Waals surface area contributed by atoms with Crippen LogP contribution in [0.3, 0.4) is 0 Å². The Morgan fingerprint density at radius 1 is 1.36 bits per heavy atom. The molecule has 4 rings (SSSR count). The van der Waals surface area contributed by atoms with E-state index in [1.807, 2.05) is 16.8 Å². The summed E-state index contributed by atoms with van der Waals surface area (Å²) in [5, 5.41) is 8.72. The van der Waals surface area contributed by atoms with Crippen molar-refractivity contribution in [3.8, 4) is 0 Å². The number of imidazole rings is 1. The fourth-order valence-electron chi connectivity index (χ4n) is 2.51. The van der Waals surface area contributed by atoms with Crippen LogP contribution in [0.4, 0.5) is 11.4 Å². The van der Waals surface area contributed by atoms with Gasteiger partial charge in [0.1, 0.15) is 0 Å². The molecule has 5 nitrogen and oxygen atoms in total. The Bertz CT molecular complexity index is 870. The van der Waals surface area contributed by atoms with Crippen LogP contribution >= 0.6 is 22.9 Å². The average Bonchev–Trinajstić information content (AvgIpc) is 3.12. The van der Waals surface area contributed by atoms with Crippen LogP contribution in [0.25, 0.3) is 4.96 Å². The third-order valence-electron chi connectivity index (χ3n) is 3.69. The Balaban J connectivity index is 1.66. The van der Waals surface area contributed by atoms with Gasteiger partial charge in [0, 0.05) is 0 Å². The second-order valence-electron chi connectivity index (χ2n) is 5.17. The summed E-state index contributed by atoms with van der Waals surface area (Å²) in [5.74, 6) is 0. The van der Waals surface area contributed by atoms with E-state index in [0.717, 1.165) is 27.1 Å². The number of hydrogen-bond donors (Lipinski definition) is 0. The number of alkyl halides is 1. The molecule has 0 N–H and O–H groups in total. The Hall–Kier alpha value is -1.03. The number of quaternary nitrogens is 1. The Labute approximate surface area is 147 Å². The normalized spacial score (nSPS) is 20.1. The number of benzene rings is 1. The third-order valence-corrected chi connectivity index (χ3v) is 7.40. The summed E-state index contributed by atoms with van der Waals surface area (Å²) in [7, 11) is 2.13. The van der Waals surface area contributed by atoms with Crippen molar-refractivity contribution in [2.24, 2.45) is 10.3 Å². The van der Waals surface area contributed by atoms with E-state index in [1.165, 1.54) is 22.6 Å². The number of nitrogens with zero attached hydrogens (tertiary/aromatic N) is 5. The van der Waals surface area contributed by atoms with E-state index in [9.17, 15) is 0 Å². The number of fused-ring (bicyclic) bond motifs is 2. The molecule has 1 aliphatic rings. The van der Waals surface area contributed by atoms with Crippen molar-refractivity contribution in [1.29, 1.82) is 0 Å². The predicted molar refractivity (Wildman–Crippen MR) is 85.5 cm³/mol. The Kier molecular flexibility index (Phi) is 3.48. The van der Waals surface area contributed by atoms with Crippen LogP contribution in [0.1, 0.15) is 11.3 Å². The van der Waals surface area contributed by atoms with Crippen LogP contribution in [-0.4, -0.2) is 21.4 Å². The van der Waals surface area contributed by atoms with Gasteiger partial charge in [-0.2, -0.15) is 0 Å². The van der Waals surface area contributed by atoms with E-state index in [1.54, 1.807) is 0 Å². The molecular formula is C14H13ClIN5S. The van der Waals surface area contributed by atoms with Gasteiger partial charge in [0.2, 0.25) is 0 Å². The van der Waals surface area contributed by atoms with E-state index < -0.39 is 0 Å². The molecule has 0 saturated carbocycles. The number of hydrogen-bond acceptors (Lipinski definition) is 4. The van der Waals surface area contributed by atoms with Crippen LogP contribution in [0.5, 0.6) is 0 Å². The molecule has 0 amide bonds. The van der Waals surface area contributed by atoms with Crippen LogP contribution < -0.4 is 24.3 Å². The zero-order valence-corrected chi connectivity index (χ0v) is 15.7.